The molecule has 18 heavy (non-hydrogen) atoms. The zero-order valence-electron chi connectivity index (χ0n) is 11.6. The Bertz CT molecular complexity index is 379. The van der Waals surface area contributed by atoms with Crippen LogP contribution in [-0.4, -0.2) is 24.2 Å². The second-order valence-electron chi connectivity index (χ2n) is 5.51. The van der Waals surface area contributed by atoms with Gasteiger partial charge in [-0.15, -0.1) is 0 Å². The molecule has 2 heterocycles. The maximum atomic E-state index is 5.80. The smallest absolute Gasteiger partial charge is 0.0639 e. The van der Waals surface area contributed by atoms with Crippen molar-refractivity contribution in [3.8, 4) is 0 Å². The first-order valence-electron chi connectivity index (χ1n) is 6.91. The van der Waals surface area contributed by atoms with Crippen molar-refractivity contribution < 1.29 is 4.74 Å². The summed E-state index contributed by atoms with van der Waals surface area (Å²) in [6.07, 6.45) is 3.45. The molecule has 1 saturated heterocycles. The van der Waals surface area contributed by atoms with E-state index in [1.54, 1.807) is 0 Å². The Morgan fingerprint density at radius 2 is 2.33 bits per heavy atom. The summed E-state index contributed by atoms with van der Waals surface area (Å²) < 4.78 is 5.80. The molecule has 1 N–H and O–H groups in total. The summed E-state index contributed by atoms with van der Waals surface area (Å²) in [6.45, 7) is 9.41. The summed E-state index contributed by atoms with van der Waals surface area (Å²) in [5.74, 6) is 1.27. The van der Waals surface area contributed by atoms with E-state index >= 15 is 0 Å². The van der Waals surface area contributed by atoms with E-state index in [2.05, 4.69) is 37.1 Å². The lowest BCUT2D eigenvalue weighted by Crippen LogP contribution is -2.31. The summed E-state index contributed by atoms with van der Waals surface area (Å²) in [6, 6.07) is 4.14. The van der Waals surface area contributed by atoms with Crippen molar-refractivity contribution in [2.24, 2.45) is 11.8 Å². The number of nitrogens with one attached hydrogen (secondary N) is 1. The van der Waals surface area contributed by atoms with Crippen molar-refractivity contribution in [2.75, 3.05) is 13.2 Å². The molecule has 0 aliphatic carbocycles. The molecule has 2 rings (SSSR count). The second-order valence-corrected chi connectivity index (χ2v) is 5.51. The number of aromatic nitrogens is 1. The van der Waals surface area contributed by atoms with Gasteiger partial charge in [0.1, 0.15) is 0 Å². The van der Waals surface area contributed by atoms with Crippen LogP contribution in [0.2, 0.25) is 0 Å². The lowest BCUT2D eigenvalue weighted by molar-refractivity contribution is 0.0539. The quantitative estimate of drug-likeness (QED) is 0.869. The van der Waals surface area contributed by atoms with Crippen LogP contribution >= 0.6 is 0 Å². The van der Waals surface area contributed by atoms with Crippen LogP contribution in [0.15, 0.2) is 18.3 Å². The van der Waals surface area contributed by atoms with E-state index in [1.807, 2.05) is 12.3 Å². The highest BCUT2D eigenvalue weighted by Gasteiger charge is 2.30. The molecule has 3 nitrogen and oxygen atoms in total. The molecule has 0 amide bonds. The molecule has 3 heteroatoms. The lowest BCUT2D eigenvalue weighted by Gasteiger charge is -2.22. The maximum absolute atomic E-state index is 5.80. The Kier molecular flexibility index (Phi) is 4.72. The predicted molar refractivity (Wildman–Crippen MR) is 73.4 cm³/mol. The van der Waals surface area contributed by atoms with Gasteiger partial charge in [0.05, 0.1) is 6.10 Å². The largest absolute Gasteiger partial charge is 0.378 e. The van der Waals surface area contributed by atoms with E-state index in [4.69, 9.17) is 4.74 Å². The number of rotatable bonds is 5. The van der Waals surface area contributed by atoms with E-state index in [0.29, 0.717) is 17.9 Å². The van der Waals surface area contributed by atoms with Crippen LogP contribution in [0.1, 0.15) is 31.5 Å². The molecule has 0 unspecified atom stereocenters. The van der Waals surface area contributed by atoms with Crippen LogP contribution in [0.25, 0.3) is 0 Å². The number of nitrogens with zero attached hydrogens (tertiary/aromatic N) is 1. The lowest BCUT2D eigenvalue weighted by atomic mass is 9.93. The number of hydrogen-bond acceptors (Lipinski definition) is 3. The van der Waals surface area contributed by atoms with Gasteiger partial charge >= 0.3 is 0 Å². The number of pyridine rings is 1. The first-order valence-corrected chi connectivity index (χ1v) is 6.91. The van der Waals surface area contributed by atoms with Crippen LogP contribution < -0.4 is 5.32 Å². The van der Waals surface area contributed by atoms with Crippen LogP contribution in [0.4, 0.5) is 0 Å². The SMILES string of the molecule is Cc1ncccc1CNC[C@H]1CCO[C@@H]1C(C)C. The Morgan fingerprint density at radius 1 is 1.50 bits per heavy atom. The minimum absolute atomic E-state index is 0.424. The zero-order chi connectivity index (χ0) is 13.0. The summed E-state index contributed by atoms with van der Waals surface area (Å²) >= 11 is 0. The molecule has 100 valence electrons. The fourth-order valence-electron chi connectivity index (χ4n) is 2.71. The van der Waals surface area contributed by atoms with Crippen molar-refractivity contribution >= 4 is 0 Å². The molecular formula is C15H24N2O. The van der Waals surface area contributed by atoms with E-state index in [0.717, 1.165) is 25.4 Å². The maximum Gasteiger partial charge on any atom is 0.0639 e. The molecular weight excluding hydrogens is 224 g/mol. The van der Waals surface area contributed by atoms with Gasteiger partial charge < -0.3 is 10.1 Å². The minimum atomic E-state index is 0.424. The molecule has 1 fully saturated rings. The van der Waals surface area contributed by atoms with Crippen LogP contribution in [0.3, 0.4) is 0 Å². The highest BCUT2D eigenvalue weighted by Crippen LogP contribution is 2.26. The van der Waals surface area contributed by atoms with Gasteiger partial charge in [0, 0.05) is 31.6 Å². The molecule has 0 spiro atoms. The monoisotopic (exact) mass is 248 g/mol. The predicted octanol–water partition coefficient (Wildman–Crippen LogP) is 2.54. The first-order chi connectivity index (χ1) is 8.68. The Hall–Kier alpha value is -0.930. The van der Waals surface area contributed by atoms with E-state index in [1.165, 1.54) is 12.0 Å². The molecule has 1 aliphatic heterocycles. The van der Waals surface area contributed by atoms with Gasteiger partial charge in [0.25, 0.3) is 0 Å². The Balaban J connectivity index is 1.80. The van der Waals surface area contributed by atoms with Crippen LogP contribution in [-0.2, 0) is 11.3 Å². The topological polar surface area (TPSA) is 34.2 Å². The van der Waals surface area contributed by atoms with Gasteiger partial charge in [-0.2, -0.15) is 0 Å². The van der Waals surface area contributed by atoms with Crippen molar-refractivity contribution in [3.05, 3.63) is 29.6 Å². The summed E-state index contributed by atoms with van der Waals surface area (Å²) in [5.41, 5.74) is 2.41. The van der Waals surface area contributed by atoms with Gasteiger partial charge in [0.15, 0.2) is 0 Å². The van der Waals surface area contributed by atoms with Crippen LogP contribution in [0.5, 0.6) is 0 Å². The van der Waals surface area contributed by atoms with Gasteiger partial charge in [-0.25, -0.2) is 0 Å². The number of ether oxygens (including phenoxy) is 1. The van der Waals surface area contributed by atoms with Gasteiger partial charge in [0.2, 0.25) is 0 Å². The van der Waals surface area contributed by atoms with E-state index in [-0.39, 0.29) is 0 Å². The summed E-state index contributed by atoms with van der Waals surface area (Å²) in [7, 11) is 0. The van der Waals surface area contributed by atoms with Crippen molar-refractivity contribution in [2.45, 2.75) is 39.8 Å². The van der Waals surface area contributed by atoms with E-state index in [9.17, 15) is 0 Å². The van der Waals surface area contributed by atoms with Crippen molar-refractivity contribution in [3.63, 3.8) is 0 Å². The highest BCUT2D eigenvalue weighted by molar-refractivity contribution is 5.17. The highest BCUT2D eigenvalue weighted by atomic mass is 16.5. The number of hydrogen-bond donors (Lipinski definition) is 1. The molecule has 0 aromatic carbocycles. The molecule has 1 aromatic heterocycles. The van der Waals surface area contributed by atoms with Gasteiger partial charge in [-0.3, -0.25) is 4.98 Å². The molecule has 0 radical (unpaired) electrons. The zero-order valence-corrected chi connectivity index (χ0v) is 11.6. The minimum Gasteiger partial charge on any atom is -0.378 e. The van der Waals surface area contributed by atoms with Crippen LogP contribution in [0, 0.1) is 18.8 Å². The summed E-state index contributed by atoms with van der Waals surface area (Å²) in [4.78, 5) is 4.31. The number of aryl methyl sites for hydroxylation is 1. The molecule has 0 bridgehead atoms. The molecule has 1 aliphatic rings. The molecule has 0 saturated carbocycles. The van der Waals surface area contributed by atoms with Crippen molar-refractivity contribution in [1.82, 2.24) is 10.3 Å². The fraction of sp³-hybridized carbons (Fsp3) is 0.667. The average Bonchev–Trinajstić information content (AvgIpc) is 2.80. The molecule has 1 aromatic rings. The summed E-state index contributed by atoms with van der Waals surface area (Å²) in [5, 5.41) is 3.55. The first kappa shape index (κ1) is 13.5. The van der Waals surface area contributed by atoms with Gasteiger partial charge in [-0.05, 0) is 36.8 Å². The van der Waals surface area contributed by atoms with E-state index < -0.39 is 0 Å². The molecule has 2 atom stereocenters. The Labute approximate surface area is 110 Å². The Morgan fingerprint density at radius 3 is 3.06 bits per heavy atom. The normalized spacial score (nSPS) is 23.8. The third-order valence-electron chi connectivity index (χ3n) is 3.76. The second kappa shape index (κ2) is 6.30. The third-order valence-corrected chi connectivity index (χ3v) is 3.76. The standard InChI is InChI=1S/C15H24N2O/c1-11(2)15-14(6-8-18-15)10-16-9-13-5-4-7-17-12(13)3/h4-5,7,11,14-16H,6,8-10H2,1-3H3/t14-,15-/m1/s1. The average molecular weight is 248 g/mol. The van der Waals surface area contributed by atoms with Crippen molar-refractivity contribution in [1.29, 1.82) is 0 Å². The third kappa shape index (κ3) is 3.30. The van der Waals surface area contributed by atoms with Gasteiger partial charge in [-0.1, -0.05) is 19.9 Å². The fourth-order valence-corrected chi connectivity index (χ4v) is 2.71.